The zero-order valence-electron chi connectivity index (χ0n) is 34.1. The third-order valence-corrected chi connectivity index (χ3v) is 10.7. The zero-order chi connectivity index (χ0) is 36.0. The van der Waals surface area contributed by atoms with Crippen molar-refractivity contribution in [3.63, 3.8) is 0 Å². The van der Waals surface area contributed by atoms with Crippen molar-refractivity contribution in [1.82, 2.24) is 9.80 Å². The van der Waals surface area contributed by atoms with Crippen LogP contribution in [0, 0.1) is 0 Å². The molecule has 0 aliphatic heterocycles. The molecule has 3 unspecified atom stereocenters. The highest BCUT2D eigenvalue weighted by Gasteiger charge is 2.16. The molecule has 0 bridgehead atoms. The van der Waals surface area contributed by atoms with Gasteiger partial charge in [-0.05, 0) is 45.8 Å². The van der Waals surface area contributed by atoms with Crippen LogP contribution in [0.3, 0.4) is 0 Å². The van der Waals surface area contributed by atoms with Gasteiger partial charge in [-0.2, -0.15) is 0 Å². The molecule has 0 aromatic rings. The molecule has 3 N–H and O–H groups in total. The fraction of sp³-hybridized carbons (Fsp3) is 1.00. The van der Waals surface area contributed by atoms with Gasteiger partial charge in [-0.3, -0.25) is 4.90 Å². The van der Waals surface area contributed by atoms with Gasteiger partial charge in [-0.1, -0.05) is 201 Å². The van der Waals surface area contributed by atoms with Gasteiger partial charge < -0.3 is 20.2 Å². The Labute approximate surface area is 308 Å². The molecule has 0 aliphatic carbocycles. The maximum absolute atomic E-state index is 10.8. The van der Waals surface area contributed by atoms with Gasteiger partial charge in [-0.15, -0.1) is 0 Å². The lowest BCUT2D eigenvalue weighted by molar-refractivity contribution is 0.0600. The fourth-order valence-electron chi connectivity index (χ4n) is 7.33. The summed E-state index contributed by atoms with van der Waals surface area (Å²) in [7, 11) is 2.12. The molecule has 49 heavy (non-hydrogen) atoms. The Kier molecular flexibility index (Phi) is 38.9. The third kappa shape index (κ3) is 37.4. The maximum atomic E-state index is 10.8. The van der Waals surface area contributed by atoms with Crippen LogP contribution in [0.5, 0.6) is 0 Å². The van der Waals surface area contributed by atoms with Crippen LogP contribution in [0.25, 0.3) is 0 Å². The minimum absolute atomic E-state index is 0.243. The lowest BCUT2D eigenvalue weighted by atomic mass is 10.0. The van der Waals surface area contributed by atoms with E-state index in [0.717, 1.165) is 58.2 Å². The van der Waals surface area contributed by atoms with Crippen molar-refractivity contribution in [1.29, 1.82) is 0 Å². The second-order valence-electron chi connectivity index (χ2n) is 16.0. The number of hydrogen-bond donors (Lipinski definition) is 3. The molecule has 0 fully saturated rings. The average molecular weight is 697 g/mol. The first-order chi connectivity index (χ1) is 23.9. The second kappa shape index (κ2) is 39.0. The molecule has 0 saturated carbocycles. The summed E-state index contributed by atoms with van der Waals surface area (Å²) in [4.78, 5) is 4.52. The summed E-state index contributed by atoms with van der Waals surface area (Å²) in [6, 6.07) is 0. The normalized spacial score (nSPS) is 13.9. The van der Waals surface area contributed by atoms with Crippen molar-refractivity contribution >= 4 is 0 Å². The Bertz CT molecular complexity index is 621. The Balaban J connectivity index is 3.87. The highest BCUT2D eigenvalue weighted by Crippen LogP contribution is 2.16. The minimum atomic E-state index is -0.335. The number of nitrogens with zero attached hydrogens (tertiary/aromatic N) is 2. The Morgan fingerprint density at radius 2 is 0.653 bits per heavy atom. The molecule has 3 atom stereocenters. The minimum Gasteiger partial charge on any atom is -0.392 e. The van der Waals surface area contributed by atoms with Crippen LogP contribution in [0.2, 0.25) is 0 Å². The quantitative estimate of drug-likeness (QED) is 0.0555. The van der Waals surface area contributed by atoms with Crippen LogP contribution in [-0.2, 0) is 0 Å². The Morgan fingerprint density at radius 1 is 0.347 bits per heavy atom. The summed E-state index contributed by atoms with van der Waals surface area (Å²) >= 11 is 0. The number of hydrogen-bond acceptors (Lipinski definition) is 5. The standard InChI is InChI=1S/C44H92N2O3/c1-5-8-10-12-14-16-18-20-22-24-26-28-30-32-35-43(48)39-45(4)37-34-38-46(40-42(47)7-3)41-44(49)36-33-31-29-27-25-23-21-19-17-15-13-11-9-6-2/h42-44,47-49H,5-41H2,1-4H3. The number of rotatable bonds is 41. The van der Waals surface area contributed by atoms with Gasteiger partial charge in [-0.25, -0.2) is 0 Å². The molecule has 296 valence electrons. The molecule has 0 aliphatic rings. The van der Waals surface area contributed by atoms with Gasteiger partial charge in [0, 0.05) is 19.6 Å². The lowest BCUT2D eigenvalue weighted by Crippen LogP contribution is -2.40. The molecule has 0 saturated heterocycles. The van der Waals surface area contributed by atoms with Gasteiger partial charge in [0.05, 0.1) is 18.3 Å². The Morgan fingerprint density at radius 3 is 1.00 bits per heavy atom. The predicted molar refractivity (Wildman–Crippen MR) is 217 cm³/mol. The van der Waals surface area contributed by atoms with Gasteiger partial charge in [0.15, 0.2) is 0 Å². The van der Waals surface area contributed by atoms with Crippen molar-refractivity contribution in [3.05, 3.63) is 0 Å². The van der Waals surface area contributed by atoms with Crippen molar-refractivity contribution in [2.24, 2.45) is 0 Å². The molecule has 0 heterocycles. The molecular weight excluding hydrogens is 604 g/mol. The summed E-state index contributed by atoms with van der Waals surface area (Å²) in [5.41, 5.74) is 0. The predicted octanol–water partition coefficient (Wildman–Crippen LogP) is 11.8. The largest absolute Gasteiger partial charge is 0.392 e. The first-order valence-electron chi connectivity index (χ1n) is 22.4. The number of aliphatic hydroxyl groups excluding tert-OH is 3. The van der Waals surface area contributed by atoms with E-state index in [9.17, 15) is 15.3 Å². The van der Waals surface area contributed by atoms with E-state index >= 15 is 0 Å². The summed E-state index contributed by atoms with van der Waals surface area (Å²) in [6.07, 6.45) is 40.7. The second-order valence-corrected chi connectivity index (χ2v) is 16.0. The topological polar surface area (TPSA) is 67.2 Å². The van der Waals surface area contributed by atoms with E-state index < -0.39 is 0 Å². The van der Waals surface area contributed by atoms with E-state index in [1.807, 2.05) is 6.92 Å². The third-order valence-electron chi connectivity index (χ3n) is 10.7. The number of aliphatic hydroxyl groups is 3. The van der Waals surface area contributed by atoms with E-state index in [1.165, 1.54) is 167 Å². The van der Waals surface area contributed by atoms with E-state index in [1.54, 1.807) is 0 Å². The smallest absolute Gasteiger partial charge is 0.0667 e. The SMILES string of the molecule is CCCCCCCCCCCCCCCCC(O)CN(C)CCCN(CC(O)CC)CC(O)CCCCCCCCCCCCCCCC. The van der Waals surface area contributed by atoms with Crippen LogP contribution in [-0.4, -0.2) is 83.2 Å². The molecule has 0 spiro atoms. The summed E-state index contributed by atoms with van der Waals surface area (Å²) in [6.45, 7) is 10.4. The molecular formula is C44H92N2O3. The van der Waals surface area contributed by atoms with Gasteiger partial charge >= 0.3 is 0 Å². The van der Waals surface area contributed by atoms with E-state index in [-0.39, 0.29) is 18.3 Å². The first-order valence-corrected chi connectivity index (χ1v) is 22.4. The van der Waals surface area contributed by atoms with Crippen molar-refractivity contribution in [2.45, 2.75) is 245 Å². The molecule has 0 rings (SSSR count). The molecule has 5 nitrogen and oxygen atoms in total. The molecule has 5 heteroatoms. The monoisotopic (exact) mass is 697 g/mol. The lowest BCUT2D eigenvalue weighted by Gasteiger charge is -2.28. The van der Waals surface area contributed by atoms with E-state index in [0.29, 0.717) is 13.1 Å². The van der Waals surface area contributed by atoms with Gasteiger partial charge in [0.25, 0.3) is 0 Å². The maximum Gasteiger partial charge on any atom is 0.0667 e. The van der Waals surface area contributed by atoms with Crippen LogP contribution in [0.15, 0.2) is 0 Å². The van der Waals surface area contributed by atoms with Crippen LogP contribution >= 0.6 is 0 Å². The molecule has 0 radical (unpaired) electrons. The summed E-state index contributed by atoms with van der Waals surface area (Å²) < 4.78 is 0. The van der Waals surface area contributed by atoms with Crippen LogP contribution in [0.1, 0.15) is 226 Å². The molecule has 0 aromatic heterocycles. The van der Waals surface area contributed by atoms with Crippen LogP contribution < -0.4 is 0 Å². The van der Waals surface area contributed by atoms with Crippen molar-refractivity contribution < 1.29 is 15.3 Å². The number of unbranched alkanes of at least 4 members (excludes halogenated alkanes) is 26. The number of likely N-dealkylation sites (N-methyl/N-ethyl adjacent to an activating group) is 1. The molecule has 0 aromatic carbocycles. The summed E-state index contributed by atoms with van der Waals surface area (Å²) in [5, 5.41) is 31.7. The van der Waals surface area contributed by atoms with Gasteiger partial charge in [0.1, 0.15) is 0 Å². The fourth-order valence-corrected chi connectivity index (χ4v) is 7.33. The average Bonchev–Trinajstić information content (AvgIpc) is 3.08. The van der Waals surface area contributed by atoms with E-state index in [2.05, 4.69) is 30.7 Å². The highest BCUT2D eigenvalue weighted by molar-refractivity contribution is 4.70. The van der Waals surface area contributed by atoms with Crippen molar-refractivity contribution in [3.8, 4) is 0 Å². The summed E-state index contributed by atoms with van der Waals surface area (Å²) in [5.74, 6) is 0. The Hall–Kier alpha value is -0.200. The van der Waals surface area contributed by atoms with Gasteiger partial charge in [0.2, 0.25) is 0 Å². The zero-order valence-corrected chi connectivity index (χ0v) is 34.1. The van der Waals surface area contributed by atoms with Crippen LogP contribution in [0.4, 0.5) is 0 Å². The van der Waals surface area contributed by atoms with Crippen molar-refractivity contribution in [2.75, 3.05) is 39.8 Å². The molecule has 0 amide bonds. The first kappa shape index (κ1) is 48.8. The highest BCUT2D eigenvalue weighted by atomic mass is 16.3. The van der Waals surface area contributed by atoms with E-state index in [4.69, 9.17) is 0 Å².